The third-order valence-corrected chi connectivity index (χ3v) is 4.28. The van der Waals surface area contributed by atoms with Crippen LogP contribution in [0.4, 0.5) is 0 Å². The van der Waals surface area contributed by atoms with Crippen LogP contribution in [-0.4, -0.2) is 33.9 Å². The number of nitrogens with one attached hydrogen (secondary N) is 1. The van der Waals surface area contributed by atoms with Gasteiger partial charge < -0.3 is 14.8 Å². The molecule has 1 fully saturated rings. The van der Waals surface area contributed by atoms with E-state index in [4.69, 9.17) is 9.47 Å². The molecule has 3 heteroatoms. The molecule has 112 valence electrons. The minimum Gasteiger partial charge on any atom is -0.497 e. The molecule has 0 spiro atoms. The van der Waals surface area contributed by atoms with Crippen molar-refractivity contribution in [2.45, 2.75) is 32.1 Å². The number of hydrogen-bond acceptors (Lipinski definition) is 3. The van der Waals surface area contributed by atoms with Crippen LogP contribution in [0.25, 0.3) is 0 Å². The van der Waals surface area contributed by atoms with E-state index in [1.54, 1.807) is 14.2 Å². The predicted octanol–water partition coefficient (Wildman–Crippen LogP) is 2.99. The van der Waals surface area contributed by atoms with Gasteiger partial charge in [-0.3, -0.25) is 0 Å². The van der Waals surface area contributed by atoms with Gasteiger partial charge in [-0.25, -0.2) is 0 Å². The van der Waals surface area contributed by atoms with Gasteiger partial charge in [0.1, 0.15) is 5.75 Å². The largest absolute Gasteiger partial charge is 0.497 e. The highest BCUT2D eigenvalue weighted by molar-refractivity contribution is 5.35. The molecule has 1 N–H and O–H groups in total. The first-order chi connectivity index (χ1) is 9.51. The molecule has 0 saturated heterocycles. The molecule has 20 heavy (non-hydrogen) atoms. The fraction of sp³-hybridized carbons (Fsp3) is 0.647. The first-order valence-electron chi connectivity index (χ1n) is 7.36. The van der Waals surface area contributed by atoms with Crippen LogP contribution in [-0.2, 0) is 10.2 Å². The Morgan fingerprint density at radius 1 is 1.10 bits per heavy atom. The van der Waals surface area contributed by atoms with Gasteiger partial charge in [-0.2, -0.15) is 0 Å². The number of hydrogen-bond donors (Lipinski definition) is 1. The van der Waals surface area contributed by atoms with Gasteiger partial charge in [0.05, 0.1) is 13.7 Å². The van der Waals surface area contributed by atoms with Gasteiger partial charge >= 0.3 is 0 Å². The van der Waals surface area contributed by atoms with E-state index < -0.39 is 0 Å². The monoisotopic (exact) mass is 277 g/mol. The Bertz CT molecular complexity index is 417. The molecule has 1 aliphatic rings. The van der Waals surface area contributed by atoms with Crippen LogP contribution in [0.15, 0.2) is 24.3 Å². The first-order valence-corrected chi connectivity index (χ1v) is 7.36. The second kappa shape index (κ2) is 6.15. The van der Waals surface area contributed by atoms with Crippen molar-refractivity contribution < 1.29 is 9.47 Å². The summed E-state index contributed by atoms with van der Waals surface area (Å²) in [5, 5.41) is 3.54. The molecule has 1 aromatic rings. The van der Waals surface area contributed by atoms with Crippen LogP contribution in [0.2, 0.25) is 0 Å². The topological polar surface area (TPSA) is 30.5 Å². The zero-order valence-electron chi connectivity index (χ0n) is 13.2. The summed E-state index contributed by atoms with van der Waals surface area (Å²) < 4.78 is 10.4. The van der Waals surface area contributed by atoms with Gasteiger partial charge in [-0.05, 0) is 36.0 Å². The normalized spacial score (nSPS) is 19.4. The lowest BCUT2D eigenvalue weighted by Crippen LogP contribution is -2.52. The molecule has 1 aromatic carbocycles. The van der Waals surface area contributed by atoms with E-state index in [9.17, 15) is 0 Å². The summed E-state index contributed by atoms with van der Waals surface area (Å²) in [7, 11) is 3.46. The maximum atomic E-state index is 5.26. The minimum absolute atomic E-state index is 0.267. The molecule has 1 saturated carbocycles. The summed E-state index contributed by atoms with van der Waals surface area (Å²) in [6.07, 6.45) is 2.46. The molecule has 0 heterocycles. The number of benzene rings is 1. The highest BCUT2D eigenvalue weighted by Crippen LogP contribution is 2.55. The summed E-state index contributed by atoms with van der Waals surface area (Å²) in [6.45, 7) is 7.40. The van der Waals surface area contributed by atoms with Gasteiger partial charge in [0, 0.05) is 25.6 Å². The van der Waals surface area contributed by atoms with Crippen LogP contribution in [0.5, 0.6) is 5.75 Å². The smallest absolute Gasteiger partial charge is 0.118 e. The molecule has 0 aliphatic heterocycles. The summed E-state index contributed by atoms with van der Waals surface area (Å²) in [6, 6.07) is 8.56. The van der Waals surface area contributed by atoms with Gasteiger partial charge in [0.25, 0.3) is 0 Å². The fourth-order valence-electron chi connectivity index (χ4n) is 3.66. The SMILES string of the molecule is COCCNCC1(c2ccc(OC)cc2)CC(C)(C)C1. The summed E-state index contributed by atoms with van der Waals surface area (Å²) in [5.41, 5.74) is 2.13. The van der Waals surface area contributed by atoms with Crippen LogP contribution in [0.3, 0.4) is 0 Å². The van der Waals surface area contributed by atoms with Gasteiger partial charge in [-0.15, -0.1) is 0 Å². The molecule has 2 rings (SSSR count). The maximum absolute atomic E-state index is 5.26. The second-order valence-corrected chi connectivity index (χ2v) is 6.70. The van der Waals surface area contributed by atoms with Crippen molar-refractivity contribution in [2.75, 3.05) is 33.9 Å². The first kappa shape index (κ1) is 15.3. The van der Waals surface area contributed by atoms with Gasteiger partial charge in [0.15, 0.2) is 0 Å². The van der Waals surface area contributed by atoms with Crippen LogP contribution < -0.4 is 10.1 Å². The summed E-state index contributed by atoms with van der Waals surface area (Å²) >= 11 is 0. The second-order valence-electron chi connectivity index (χ2n) is 6.70. The Balaban J connectivity index is 2.06. The van der Waals surface area contributed by atoms with Crippen molar-refractivity contribution in [1.82, 2.24) is 5.32 Å². The molecule has 3 nitrogen and oxygen atoms in total. The number of ether oxygens (including phenoxy) is 2. The van der Waals surface area contributed by atoms with Gasteiger partial charge in [-0.1, -0.05) is 26.0 Å². The molecule has 0 aromatic heterocycles. The zero-order valence-corrected chi connectivity index (χ0v) is 13.2. The van der Waals surface area contributed by atoms with Crippen molar-refractivity contribution >= 4 is 0 Å². The van der Waals surface area contributed by atoms with E-state index >= 15 is 0 Å². The van der Waals surface area contributed by atoms with Crippen molar-refractivity contribution in [2.24, 2.45) is 5.41 Å². The quantitative estimate of drug-likeness (QED) is 0.777. The van der Waals surface area contributed by atoms with E-state index in [1.165, 1.54) is 18.4 Å². The lowest BCUT2D eigenvalue weighted by Gasteiger charge is -2.54. The molecule has 0 unspecified atom stereocenters. The zero-order chi connectivity index (χ0) is 14.6. The molecule has 0 atom stereocenters. The molecular formula is C17H27NO2. The average Bonchev–Trinajstić information content (AvgIpc) is 2.41. The van der Waals surface area contributed by atoms with Crippen LogP contribution in [0.1, 0.15) is 32.3 Å². The lowest BCUT2D eigenvalue weighted by atomic mass is 9.52. The minimum atomic E-state index is 0.267. The highest BCUT2D eigenvalue weighted by Gasteiger charge is 2.49. The highest BCUT2D eigenvalue weighted by atomic mass is 16.5. The standard InChI is InChI=1S/C17H27NO2/c1-16(2)11-17(12-16,13-18-9-10-19-3)14-5-7-15(20-4)8-6-14/h5-8,18H,9-13H2,1-4H3. The van der Waals surface area contributed by atoms with Crippen LogP contribution >= 0.6 is 0 Å². The Labute approximate surface area is 122 Å². The van der Waals surface area contributed by atoms with Crippen LogP contribution in [0, 0.1) is 5.41 Å². The Kier molecular flexibility index (Phi) is 4.71. The fourth-order valence-corrected chi connectivity index (χ4v) is 3.66. The van der Waals surface area contributed by atoms with E-state index in [0.717, 1.165) is 25.4 Å². The van der Waals surface area contributed by atoms with E-state index in [2.05, 4.69) is 43.4 Å². The number of rotatable bonds is 7. The molecule has 0 bridgehead atoms. The third-order valence-electron chi connectivity index (χ3n) is 4.28. The molecule has 0 radical (unpaired) electrons. The van der Waals surface area contributed by atoms with Crippen molar-refractivity contribution in [3.63, 3.8) is 0 Å². The van der Waals surface area contributed by atoms with Crippen molar-refractivity contribution in [3.05, 3.63) is 29.8 Å². The lowest BCUT2D eigenvalue weighted by molar-refractivity contribution is 0.0548. The Morgan fingerprint density at radius 2 is 1.75 bits per heavy atom. The Hall–Kier alpha value is -1.06. The van der Waals surface area contributed by atoms with Crippen molar-refractivity contribution in [3.8, 4) is 5.75 Å². The average molecular weight is 277 g/mol. The predicted molar refractivity (Wildman–Crippen MR) is 82.4 cm³/mol. The number of methoxy groups -OCH3 is 2. The van der Waals surface area contributed by atoms with E-state index in [0.29, 0.717) is 5.41 Å². The van der Waals surface area contributed by atoms with Gasteiger partial charge in [0.2, 0.25) is 0 Å². The molecule has 0 amide bonds. The summed E-state index contributed by atoms with van der Waals surface area (Å²) in [4.78, 5) is 0. The molecular weight excluding hydrogens is 250 g/mol. The summed E-state index contributed by atoms with van der Waals surface area (Å²) in [5.74, 6) is 0.926. The third kappa shape index (κ3) is 3.33. The van der Waals surface area contributed by atoms with Crippen molar-refractivity contribution in [1.29, 1.82) is 0 Å². The van der Waals surface area contributed by atoms with E-state index in [1.807, 2.05) is 0 Å². The Morgan fingerprint density at radius 3 is 2.25 bits per heavy atom. The maximum Gasteiger partial charge on any atom is 0.118 e. The van der Waals surface area contributed by atoms with E-state index in [-0.39, 0.29) is 5.41 Å². The molecule has 1 aliphatic carbocycles.